The van der Waals surface area contributed by atoms with Crippen LogP contribution in [0.5, 0.6) is 0 Å². The van der Waals surface area contributed by atoms with Gasteiger partial charge in [0, 0.05) is 23.5 Å². The Morgan fingerprint density at radius 2 is 1.97 bits per heavy atom. The van der Waals surface area contributed by atoms with Gasteiger partial charge in [0.25, 0.3) is 5.91 Å². The molecule has 3 rings (SSSR count). The molecule has 1 aliphatic rings. The minimum Gasteiger partial charge on any atom is -0.464 e. The molecule has 1 aromatic heterocycles. The Hall–Kier alpha value is -2.35. The second-order valence-corrected chi connectivity index (χ2v) is 10.3. The maximum Gasteiger partial charge on any atom is 0.310 e. The molecule has 0 aliphatic carbocycles. The quantitative estimate of drug-likeness (QED) is 0.592. The Balaban J connectivity index is 1.61. The zero-order chi connectivity index (χ0) is 21.9. The smallest absolute Gasteiger partial charge is 0.310 e. The summed E-state index contributed by atoms with van der Waals surface area (Å²) in [6.45, 7) is 6.09. The lowest BCUT2D eigenvalue weighted by molar-refractivity contribution is -0.152. The van der Waals surface area contributed by atoms with E-state index in [-0.39, 0.29) is 36.5 Å². The number of hydrogen-bond acceptors (Lipinski definition) is 6. The Morgan fingerprint density at radius 3 is 2.63 bits per heavy atom. The molecule has 2 heterocycles. The topological polar surface area (TPSA) is 93.9 Å². The summed E-state index contributed by atoms with van der Waals surface area (Å²) in [5.41, 5.74) is 3.64. The summed E-state index contributed by atoms with van der Waals surface area (Å²) in [5.74, 6) is -0.781. The Bertz CT molecular complexity index is 1040. The molecule has 0 saturated carbocycles. The summed E-state index contributed by atoms with van der Waals surface area (Å²) in [7, 11) is -3.10. The average Bonchev–Trinajstić information content (AvgIpc) is 3.23. The van der Waals surface area contributed by atoms with Crippen LogP contribution in [0.25, 0.3) is 11.0 Å². The van der Waals surface area contributed by atoms with Crippen molar-refractivity contribution < 1.29 is 27.2 Å². The van der Waals surface area contributed by atoms with Crippen LogP contribution in [0, 0.1) is 13.8 Å². The molecule has 1 aromatic carbocycles. The fraction of sp³-hybridized carbons (Fsp3) is 0.545. The first kappa shape index (κ1) is 22.3. The van der Waals surface area contributed by atoms with Crippen molar-refractivity contribution in [2.75, 3.05) is 24.7 Å². The van der Waals surface area contributed by atoms with Crippen molar-refractivity contribution in [3.63, 3.8) is 0 Å². The first-order valence-corrected chi connectivity index (χ1v) is 12.1. The number of unbranched alkanes of at least 4 members (excludes halogenated alkanes) is 1. The normalized spacial score (nSPS) is 17.9. The molecule has 1 saturated heterocycles. The van der Waals surface area contributed by atoms with Crippen molar-refractivity contribution in [1.82, 2.24) is 4.90 Å². The highest BCUT2D eigenvalue weighted by atomic mass is 32.2. The highest BCUT2D eigenvalue weighted by molar-refractivity contribution is 7.91. The minimum atomic E-state index is -3.10. The number of esters is 1. The van der Waals surface area contributed by atoms with Gasteiger partial charge >= 0.3 is 5.97 Å². The van der Waals surface area contributed by atoms with Crippen molar-refractivity contribution in [3.8, 4) is 0 Å². The lowest BCUT2D eigenvalue weighted by Gasteiger charge is -2.28. The van der Waals surface area contributed by atoms with Crippen LogP contribution in [-0.2, 0) is 30.6 Å². The molecule has 1 aliphatic heterocycles. The van der Waals surface area contributed by atoms with E-state index in [1.54, 1.807) is 11.2 Å². The predicted molar refractivity (Wildman–Crippen MR) is 114 cm³/mol. The second kappa shape index (κ2) is 9.20. The van der Waals surface area contributed by atoms with Crippen LogP contribution >= 0.6 is 0 Å². The zero-order valence-corrected chi connectivity index (χ0v) is 18.6. The highest BCUT2D eigenvalue weighted by Crippen LogP contribution is 2.25. The number of sulfone groups is 1. The van der Waals surface area contributed by atoms with E-state index in [0.29, 0.717) is 18.5 Å². The molecular weight excluding hydrogens is 406 g/mol. The van der Waals surface area contributed by atoms with Crippen molar-refractivity contribution in [1.29, 1.82) is 0 Å². The van der Waals surface area contributed by atoms with Crippen LogP contribution in [0.3, 0.4) is 0 Å². The standard InChI is InChI=1S/C22H29NO6S/c1-4-5-7-23(18-6-8-30(26,27)14-18)21(24)13-29-22(25)11-17-12-28-20-10-16(3)15(2)9-19(17)20/h9-10,12,18H,4-8,11,13-14H2,1-3H3. The van der Waals surface area contributed by atoms with Gasteiger partial charge in [-0.25, -0.2) is 8.42 Å². The molecule has 1 atom stereocenters. The van der Waals surface area contributed by atoms with E-state index in [9.17, 15) is 18.0 Å². The first-order valence-electron chi connectivity index (χ1n) is 10.3. The highest BCUT2D eigenvalue weighted by Gasteiger charge is 2.34. The fourth-order valence-electron chi connectivity index (χ4n) is 3.77. The summed E-state index contributed by atoms with van der Waals surface area (Å²) >= 11 is 0. The van der Waals surface area contributed by atoms with Gasteiger partial charge in [-0.3, -0.25) is 9.59 Å². The number of ether oxygens (including phenoxy) is 1. The van der Waals surface area contributed by atoms with E-state index >= 15 is 0 Å². The molecule has 0 radical (unpaired) electrons. The number of aryl methyl sites for hydroxylation is 2. The minimum absolute atomic E-state index is 0.00947. The molecule has 0 N–H and O–H groups in total. The molecule has 30 heavy (non-hydrogen) atoms. The molecule has 1 fully saturated rings. The Morgan fingerprint density at radius 1 is 1.23 bits per heavy atom. The number of benzene rings is 1. The predicted octanol–water partition coefficient (Wildman–Crippen LogP) is 2.95. The number of fused-ring (bicyclic) bond motifs is 1. The van der Waals surface area contributed by atoms with E-state index in [2.05, 4.69) is 0 Å². The molecule has 2 aromatic rings. The first-order chi connectivity index (χ1) is 14.2. The van der Waals surface area contributed by atoms with Crippen LogP contribution in [0.4, 0.5) is 0 Å². The molecule has 164 valence electrons. The van der Waals surface area contributed by atoms with Gasteiger partial charge in [-0.2, -0.15) is 0 Å². The van der Waals surface area contributed by atoms with Gasteiger partial charge in [-0.15, -0.1) is 0 Å². The van der Waals surface area contributed by atoms with E-state index in [4.69, 9.17) is 9.15 Å². The Kier molecular flexibility index (Phi) is 6.85. The van der Waals surface area contributed by atoms with Crippen LogP contribution in [0.15, 0.2) is 22.8 Å². The summed E-state index contributed by atoms with van der Waals surface area (Å²) < 4.78 is 34.4. The summed E-state index contributed by atoms with van der Waals surface area (Å²) in [6.07, 6.45) is 3.65. The number of hydrogen-bond donors (Lipinski definition) is 0. The lowest BCUT2D eigenvalue weighted by atomic mass is 10.0. The SMILES string of the molecule is CCCCN(C(=O)COC(=O)Cc1coc2cc(C)c(C)cc12)C1CCS(=O)(=O)C1. The monoisotopic (exact) mass is 435 g/mol. The van der Waals surface area contributed by atoms with Gasteiger partial charge in [0.1, 0.15) is 5.58 Å². The molecule has 0 spiro atoms. The maximum absolute atomic E-state index is 12.7. The number of carbonyl (C=O) groups excluding carboxylic acids is 2. The summed E-state index contributed by atoms with van der Waals surface area (Å²) in [6, 6.07) is 3.58. The molecule has 1 amide bonds. The van der Waals surface area contributed by atoms with Crippen LogP contribution < -0.4 is 0 Å². The average molecular weight is 436 g/mol. The number of nitrogens with zero attached hydrogens (tertiary/aromatic N) is 1. The largest absolute Gasteiger partial charge is 0.464 e. The van der Waals surface area contributed by atoms with Crippen molar-refractivity contribution in [2.45, 2.75) is 52.5 Å². The van der Waals surface area contributed by atoms with Crippen LogP contribution in [0.1, 0.15) is 42.9 Å². The molecule has 8 heteroatoms. The number of carbonyl (C=O) groups is 2. The van der Waals surface area contributed by atoms with Gasteiger partial charge in [0.15, 0.2) is 16.4 Å². The third-order valence-electron chi connectivity index (χ3n) is 5.68. The van der Waals surface area contributed by atoms with E-state index < -0.39 is 15.8 Å². The third kappa shape index (κ3) is 5.22. The van der Waals surface area contributed by atoms with Gasteiger partial charge < -0.3 is 14.1 Å². The zero-order valence-electron chi connectivity index (χ0n) is 17.8. The molecule has 1 unspecified atom stereocenters. The number of amides is 1. The van der Waals surface area contributed by atoms with Crippen molar-refractivity contribution in [2.24, 2.45) is 0 Å². The van der Waals surface area contributed by atoms with Gasteiger partial charge in [0.05, 0.1) is 24.2 Å². The maximum atomic E-state index is 12.7. The fourth-order valence-corrected chi connectivity index (χ4v) is 5.50. The van der Waals surface area contributed by atoms with Gasteiger partial charge in [0.2, 0.25) is 0 Å². The molecular formula is C22H29NO6S. The molecule has 0 bridgehead atoms. The van der Waals surface area contributed by atoms with Crippen LogP contribution in [-0.4, -0.2) is 55.9 Å². The second-order valence-electron chi connectivity index (χ2n) is 8.03. The Labute approximate surface area is 177 Å². The molecule has 7 nitrogen and oxygen atoms in total. The van der Waals surface area contributed by atoms with E-state index in [1.807, 2.05) is 32.9 Å². The number of rotatable bonds is 8. The van der Waals surface area contributed by atoms with Crippen LogP contribution in [0.2, 0.25) is 0 Å². The number of furan rings is 1. The third-order valence-corrected chi connectivity index (χ3v) is 7.43. The lowest BCUT2D eigenvalue weighted by Crippen LogP contribution is -2.44. The summed E-state index contributed by atoms with van der Waals surface area (Å²) in [5, 5.41) is 0.863. The van der Waals surface area contributed by atoms with Crippen molar-refractivity contribution in [3.05, 3.63) is 35.1 Å². The van der Waals surface area contributed by atoms with Crippen molar-refractivity contribution >= 4 is 32.7 Å². The van der Waals surface area contributed by atoms with Gasteiger partial charge in [-0.05, 0) is 49.9 Å². The summed E-state index contributed by atoms with van der Waals surface area (Å²) in [4.78, 5) is 26.6. The van der Waals surface area contributed by atoms with E-state index in [0.717, 1.165) is 34.9 Å². The van der Waals surface area contributed by atoms with Gasteiger partial charge in [-0.1, -0.05) is 13.3 Å². The van der Waals surface area contributed by atoms with E-state index in [1.165, 1.54) is 0 Å².